The van der Waals surface area contributed by atoms with Gasteiger partial charge in [0, 0.05) is 12.8 Å². The largest absolute Gasteiger partial charge is 0.297 e. The molecule has 0 unspecified atom stereocenters. The van der Waals surface area contributed by atoms with Gasteiger partial charge in [-0.15, -0.1) is 0 Å². The van der Waals surface area contributed by atoms with E-state index >= 15 is 0 Å². The van der Waals surface area contributed by atoms with E-state index < -0.39 is 47.0 Å². The highest BCUT2D eigenvalue weighted by Crippen LogP contribution is 2.11. The molecule has 164 valence electrons. The Kier molecular flexibility index (Phi) is 11.8. The zero-order chi connectivity index (χ0) is 22.7. The predicted molar refractivity (Wildman–Crippen MR) is 105 cm³/mol. The van der Waals surface area contributed by atoms with Crippen molar-refractivity contribution in [1.29, 1.82) is 0 Å². The maximum atomic E-state index is 12.0. The Morgan fingerprint density at radius 1 is 0.552 bits per heavy atom. The molecule has 10 heteroatoms. The standard InChI is InChI=1S/C19H32N4O6/c1-12(24)18(13(2)25)22(20)16(28)10-8-6-5-7-9-11-17(29)23(21)19(14(3)26)15(4)27/h18-19H,5-11,20-21H2,1-4H3. The van der Waals surface area contributed by atoms with Gasteiger partial charge in [-0.05, 0) is 40.5 Å². The number of Topliss-reactive ketones (excluding diaryl/α,β-unsaturated/α-hetero) is 4. The van der Waals surface area contributed by atoms with Crippen LogP contribution < -0.4 is 11.7 Å². The molecule has 0 aliphatic heterocycles. The SMILES string of the molecule is CC(=O)C(C(C)=O)N(N)C(=O)CCCCCCCC(=O)N(N)C(C(C)=O)C(C)=O. The van der Waals surface area contributed by atoms with Crippen LogP contribution in [0.4, 0.5) is 0 Å². The second-order valence-corrected chi connectivity index (χ2v) is 7.12. The summed E-state index contributed by atoms with van der Waals surface area (Å²) in [5.74, 6) is 8.30. The lowest BCUT2D eigenvalue weighted by Crippen LogP contribution is -2.52. The van der Waals surface area contributed by atoms with Gasteiger partial charge in [0.15, 0.2) is 35.2 Å². The fourth-order valence-electron chi connectivity index (χ4n) is 2.98. The van der Waals surface area contributed by atoms with Gasteiger partial charge in [-0.3, -0.25) is 38.8 Å². The average Bonchev–Trinajstić information content (AvgIpc) is 2.58. The Morgan fingerprint density at radius 3 is 1.03 bits per heavy atom. The minimum absolute atomic E-state index is 0.113. The average molecular weight is 412 g/mol. The van der Waals surface area contributed by atoms with Gasteiger partial charge < -0.3 is 0 Å². The van der Waals surface area contributed by atoms with E-state index in [1.54, 1.807) is 0 Å². The number of carbonyl (C=O) groups is 6. The quantitative estimate of drug-likeness (QED) is 0.135. The first-order valence-corrected chi connectivity index (χ1v) is 9.57. The number of nitrogens with zero attached hydrogens (tertiary/aromatic N) is 2. The summed E-state index contributed by atoms with van der Waals surface area (Å²) in [5.41, 5.74) is 0. The normalized spacial score (nSPS) is 10.8. The fourth-order valence-corrected chi connectivity index (χ4v) is 2.98. The Labute approximate surface area is 170 Å². The summed E-state index contributed by atoms with van der Waals surface area (Å²) in [7, 11) is 0. The molecule has 0 radical (unpaired) electrons. The van der Waals surface area contributed by atoms with E-state index in [4.69, 9.17) is 11.7 Å². The van der Waals surface area contributed by atoms with E-state index in [2.05, 4.69) is 0 Å². The van der Waals surface area contributed by atoms with Crippen LogP contribution in [0.1, 0.15) is 72.6 Å². The summed E-state index contributed by atoms with van der Waals surface area (Å²) in [5, 5.41) is 1.39. The Morgan fingerprint density at radius 2 is 0.793 bits per heavy atom. The number of rotatable bonds is 14. The van der Waals surface area contributed by atoms with Crippen molar-refractivity contribution in [2.75, 3.05) is 0 Å². The van der Waals surface area contributed by atoms with E-state index in [-0.39, 0.29) is 12.8 Å². The van der Waals surface area contributed by atoms with Crippen molar-refractivity contribution in [3.8, 4) is 0 Å². The number of unbranched alkanes of at least 4 members (excludes halogenated alkanes) is 4. The molecule has 0 aromatic carbocycles. The summed E-state index contributed by atoms with van der Waals surface area (Å²) in [6.07, 6.45) is 3.44. The van der Waals surface area contributed by atoms with Gasteiger partial charge in [-0.2, -0.15) is 0 Å². The van der Waals surface area contributed by atoms with E-state index in [1.807, 2.05) is 0 Å². The summed E-state index contributed by atoms with van der Waals surface area (Å²) >= 11 is 0. The molecule has 10 nitrogen and oxygen atoms in total. The number of nitrogens with two attached hydrogens (primary N) is 2. The second kappa shape index (κ2) is 12.9. The molecular weight excluding hydrogens is 380 g/mol. The Hall–Kier alpha value is -2.46. The number of hydrazine groups is 2. The van der Waals surface area contributed by atoms with Crippen LogP contribution in [0.2, 0.25) is 0 Å². The Bertz CT molecular complexity index is 567. The summed E-state index contributed by atoms with van der Waals surface area (Å²) < 4.78 is 0. The van der Waals surface area contributed by atoms with Crippen molar-refractivity contribution in [2.45, 2.75) is 84.7 Å². The highest BCUT2D eigenvalue weighted by Gasteiger charge is 2.29. The van der Waals surface area contributed by atoms with Gasteiger partial charge in [0.25, 0.3) is 0 Å². The topological polar surface area (TPSA) is 161 Å². The van der Waals surface area contributed by atoms with Gasteiger partial charge in [0.1, 0.15) is 0 Å². The van der Waals surface area contributed by atoms with Crippen molar-refractivity contribution in [3.63, 3.8) is 0 Å². The number of hydrogen-bond donors (Lipinski definition) is 2. The van der Waals surface area contributed by atoms with Crippen molar-refractivity contribution < 1.29 is 28.8 Å². The number of amides is 2. The van der Waals surface area contributed by atoms with Crippen LogP contribution in [0.25, 0.3) is 0 Å². The van der Waals surface area contributed by atoms with Crippen LogP contribution in [-0.4, -0.2) is 57.0 Å². The van der Waals surface area contributed by atoms with E-state index in [9.17, 15) is 28.8 Å². The highest BCUT2D eigenvalue weighted by molar-refractivity contribution is 6.07. The third-order valence-electron chi connectivity index (χ3n) is 4.45. The predicted octanol–water partition coefficient (Wildman–Crippen LogP) is 0.215. The molecule has 0 fully saturated rings. The van der Waals surface area contributed by atoms with Crippen LogP contribution in [0.3, 0.4) is 0 Å². The lowest BCUT2D eigenvalue weighted by molar-refractivity contribution is -0.144. The van der Waals surface area contributed by atoms with E-state index in [0.717, 1.165) is 6.42 Å². The maximum absolute atomic E-state index is 12.0. The monoisotopic (exact) mass is 412 g/mol. The molecular formula is C19H32N4O6. The van der Waals surface area contributed by atoms with Crippen molar-refractivity contribution in [3.05, 3.63) is 0 Å². The molecule has 0 atom stereocenters. The van der Waals surface area contributed by atoms with Gasteiger partial charge in [-0.25, -0.2) is 11.7 Å². The molecule has 0 aromatic rings. The number of carbonyl (C=O) groups excluding carboxylic acids is 6. The first-order chi connectivity index (χ1) is 13.4. The van der Waals surface area contributed by atoms with Crippen LogP contribution in [0, 0.1) is 0 Å². The molecule has 0 aliphatic carbocycles. The molecule has 0 saturated heterocycles. The number of hydrogen-bond acceptors (Lipinski definition) is 8. The molecule has 2 amide bonds. The minimum atomic E-state index is -1.25. The third-order valence-corrected chi connectivity index (χ3v) is 4.45. The fraction of sp³-hybridized carbons (Fsp3) is 0.684. The van der Waals surface area contributed by atoms with E-state index in [0.29, 0.717) is 35.7 Å². The molecule has 0 saturated carbocycles. The third kappa shape index (κ3) is 9.05. The minimum Gasteiger partial charge on any atom is -0.297 e. The van der Waals surface area contributed by atoms with Gasteiger partial charge in [-0.1, -0.05) is 19.3 Å². The van der Waals surface area contributed by atoms with Crippen LogP contribution in [0.5, 0.6) is 0 Å². The first kappa shape index (κ1) is 26.5. The van der Waals surface area contributed by atoms with Gasteiger partial charge >= 0.3 is 0 Å². The van der Waals surface area contributed by atoms with E-state index in [1.165, 1.54) is 27.7 Å². The summed E-state index contributed by atoms with van der Waals surface area (Å²) in [6.45, 7) is 4.83. The zero-order valence-electron chi connectivity index (χ0n) is 17.6. The van der Waals surface area contributed by atoms with Gasteiger partial charge in [0.05, 0.1) is 0 Å². The molecule has 0 heterocycles. The smallest absolute Gasteiger partial charge is 0.237 e. The maximum Gasteiger partial charge on any atom is 0.237 e. The van der Waals surface area contributed by atoms with Gasteiger partial charge in [0.2, 0.25) is 11.8 Å². The van der Waals surface area contributed by atoms with Crippen molar-refractivity contribution in [2.24, 2.45) is 11.7 Å². The lowest BCUT2D eigenvalue weighted by atomic mass is 10.1. The molecule has 0 aliphatic rings. The van der Waals surface area contributed by atoms with Crippen LogP contribution in [-0.2, 0) is 28.8 Å². The molecule has 0 aromatic heterocycles. The Balaban J connectivity index is 4.17. The molecule has 29 heavy (non-hydrogen) atoms. The molecule has 4 N–H and O–H groups in total. The second-order valence-electron chi connectivity index (χ2n) is 7.12. The lowest BCUT2D eigenvalue weighted by Gasteiger charge is -2.23. The highest BCUT2D eigenvalue weighted by atomic mass is 16.2. The zero-order valence-corrected chi connectivity index (χ0v) is 17.6. The van der Waals surface area contributed by atoms with Crippen molar-refractivity contribution >= 4 is 34.9 Å². The molecule has 0 rings (SSSR count). The summed E-state index contributed by atoms with van der Waals surface area (Å²) in [4.78, 5) is 69.7. The first-order valence-electron chi connectivity index (χ1n) is 9.57. The van der Waals surface area contributed by atoms with Crippen LogP contribution in [0.15, 0.2) is 0 Å². The molecule has 0 spiro atoms. The molecule has 0 bridgehead atoms. The number of ketones is 4. The van der Waals surface area contributed by atoms with Crippen molar-refractivity contribution in [1.82, 2.24) is 10.0 Å². The summed E-state index contributed by atoms with van der Waals surface area (Å²) in [6, 6.07) is -2.50. The van der Waals surface area contributed by atoms with Crippen LogP contribution >= 0.6 is 0 Å².